The number of halogens is 1. The number of hydrogen-bond donors (Lipinski definition) is 1. The van der Waals surface area contributed by atoms with Crippen molar-refractivity contribution in [3.8, 4) is 0 Å². The van der Waals surface area contributed by atoms with E-state index in [1.165, 1.54) is 0 Å². The van der Waals surface area contributed by atoms with Crippen LogP contribution in [-0.2, 0) is 10.0 Å². The second-order valence-electron chi connectivity index (χ2n) is 5.90. The van der Waals surface area contributed by atoms with Gasteiger partial charge in [-0.25, -0.2) is 12.7 Å². The van der Waals surface area contributed by atoms with E-state index in [1.807, 2.05) is 20.8 Å². The molecule has 6 heteroatoms. The molecule has 0 aromatic heterocycles. The van der Waals surface area contributed by atoms with Gasteiger partial charge in [0.2, 0.25) is 10.0 Å². The van der Waals surface area contributed by atoms with Crippen molar-refractivity contribution in [1.29, 1.82) is 0 Å². The average molecular weight is 285 g/mol. The van der Waals surface area contributed by atoms with Crippen molar-refractivity contribution in [3.05, 3.63) is 0 Å². The SMILES string of the molecule is CC(C)(C)CS(=O)(=O)N1CCC(CN)CC1.Cl. The molecule has 1 aliphatic rings. The first-order chi connectivity index (χ1) is 7.24. The molecule has 1 fully saturated rings. The molecule has 104 valence electrons. The van der Waals surface area contributed by atoms with Crippen molar-refractivity contribution in [2.45, 2.75) is 33.6 Å². The van der Waals surface area contributed by atoms with Crippen LogP contribution in [0.4, 0.5) is 0 Å². The maximum atomic E-state index is 12.1. The van der Waals surface area contributed by atoms with Gasteiger partial charge in [-0.05, 0) is 30.7 Å². The van der Waals surface area contributed by atoms with E-state index in [2.05, 4.69) is 0 Å². The Hall–Kier alpha value is 0.160. The molecule has 0 bridgehead atoms. The van der Waals surface area contributed by atoms with E-state index >= 15 is 0 Å². The summed E-state index contributed by atoms with van der Waals surface area (Å²) in [5, 5.41) is 0. The smallest absolute Gasteiger partial charge is 0.214 e. The summed E-state index contributed by atoms with van der Waals surface area (Å²) in [5.74, 6) is 0.730. The van der Waals surface area contributed by atoms with Gasteiger partial charge in [-0.3, -0.25) is 0 Å². The Balaban J connectivity index is 0.00000256. The van der Waals surface area contributed by atoms with Gasteiger partial charge in [0, 0.05) is 13.1 Å². The Morgan fingerprint density at radius 1 is 1.24 bits per heavy atom. The molecule has 1 saturated heterocycles. The van der Waals surface area contributed by atoms with Crippen LogP contribution in [0.3, 0.4) is 0 Å². The number of rotatable bonds is 3. The second-order valence-corrected chi connectivity index (χ2v) is 7.86. The van der Waals surface area contributed by atoms with Crippen LogP contribution in [0.5, 0.6) is 0 Å². The monoisotopic (exact) mass is 284 g/mol. The predicted molar refractivity (Wildman–Crippen MR) is 73.8 cm³/mol. The number of nitrogens with two attached hydrogens (primary N) is 1. The molecule has 0 unspecified atom stereocenters. The van der Waals surface area contributed by atoms with Crippen molar-refractivity contribution in [2.24, 2.45) is 17.1 Å². The highest BCUT2D eigenvalue weighted by Gasteiger charge is 2.30. The molecule has 0 saturated carbocycles. The minimum atomic E-state index is -3.08. The molecule has 4 nitrogen and oxygen atoms in total. The van der Waals surface area contributed by atoms with E-state index < -0.39 is 10.0 Å². The molecule has 0 aliphatic carbocycles. The quantitative estimate of drug-likeness (QED) is 0.853. The third-order valence-corrected chi connectivity index (χ3v) is 5.30. The largest absolute Gasteiger partial charge is 0.330 e. The van der Waals surface area contributed by atoms with Gasteiger partial charge in [0.25, 0.3) is 0 Å². The summed E-state index contributed by atoms with van der Waals surface area (Å²) in [6.45, 7) is 7.82. The fourth-order valence-corrected chi connectivity index (χ4v) is 4.11. The topological polar surface area (TPSA) is 63.4 Å². The molecule has 1 rings (SSSR count). The number of hydrogen-bond acceptors (Lipinski definition) is 3. The lowest BCUT2D eigenvalue weighted by atomic mass is 9.99. The molecule has 0 amide bonds. The normalized spacial score (nSPS) is 20.0. The third-order valence-electron chi connectivity index (χ3n) is 2.92. The van der Waals surface area contributed by atoms with Gasteiger partial charge in [0.05, 0.1) is 5.75 Å². The maximum Gasteiger partial charge on any atom is 0.214 e. The van der Waals surface area contributed by atoms with Crippen LogP contribution in [0.15, 0.2) is 0 Å². The Kier molecular flexibility index (Phi) is 6.42. The van der Waals surface area contributed by atoms with E-state index in [0.717, 1.165) is 12.8 Å². The first-order valence-corrected chi connectivity index (χ1v) is 7.53. The Labute approximate surface area is 111 Å². The Morgan fingerprint density at radius 2 is 1.71 bits per heavy atom. The van der Waals surface area contributed by atoms with Crippen LogP contribution < -0.4 is 5.73 Å². The summed E-state index contributed by atoms with van der Waals surface area (Å²) < 4.78 is 25.8. The highest BCUT2D eigenvalue weighted by Crippen LogP contribution is 2.23. The summed E-state index contributed by atoms with van der Waals surface area (Å²) in [7, 11) is -3.08. The summed E-state index contributed by atoms with van der Waals surface area (Å²) in [6, 6.07) is 0. The van der Waals surface area contributed by atoms with Gasteiger partial charge in [-0.1, -0.05) is 20.8 Å². The van der Waals surface area contributed by atoms with Crippen molar-refractivity contribution in [2.75, 3.05) is 25.4 Å². The first kappa shape index (κ1) is 17.2. The fourth-order valence-electron chi connectivity index (χ4n) is 2.06. The van der Waals surface area contributed by atoms with E-state index in [9.17, 15) is 8.42 Å². The average Bonchev–Trinajstić information content (AvgIpc) is 2.14. The zero-order valence-electron chi connectivity index (χ0n) is 11.0. The van der Waals surface area contributed by atoms with Gasteiger partial charge in [-0.2, -0.15) is 0 Å². The second kappa shape index (κ2) is 6.36. The summed E-state index contributed by atoms with van der Waals surface area (Å²) in [4.78, 5) is 0. The molecular weight excluding hydrogens is 260 g/mol. The molecule has 0 aromatic carbocycles. The van der Waals surface area contributed by atoms with Gasteiger partial charge in [0.1, 0.15) is 0 Å². The molecule has 0 atom stereocenters. The standard InChI is InChI=1S/C11H24N2O2S.ClH/c1-11(2,3)9-16(14,15)13-6-4-10(8-12)5-7-13;/h10H,4-9,12H2,1-3H3;1H. The van der Waals surface area contributed by atoms with Crippen molar-refractivity contribution >= 4 is 22.4 Å². The van der Waals surface area contributed by atoms with Crippen LogP contribution in [0, 0.1) is 11.3 Å². The minimum Gasteiger partial charge on any atom is -0.330 e. The summed E-state index contributed by atoms with van der Waals surface area (Å²) >= 11 is 0. The molecule has 0 spiro atoms. The van der Waals surface area contributed by atoms with Crippen LogP contribution in [0.2, 0.25) is 0 Å². The maximum absolute atomic E-state index is 12.1. The highest BCUT2D eigenvalue weighted by atomic mass is 35.5. The van der Waals surface area contributed by atoms with Crippen LogP contribution in [0.1, 0.15) is 33.6 Å². The number of sulfonamides is 1. The molecule has 17 heavy (non-hydrogen) atoms. The van der Waals surface area contributed by atoms with Gasteiger partial charge in [-0.15, -0.1) is 12.4 Å². The number of nitrogens with zero attached hydrogens (tertiary/aromatic N) is 1. The van der Waals surface area contributed by atoms with Crippen molar-refractivity contribution < 1.29 is 8.42 Å². The van der Waals surface area contributed by atoms with Crippen molar-refractivity contribution in [1.82, 2.24) is 4.31 Å². The van der Waals surface area contributed by atoms with Crippen LogP contribution in [-0.4, -0.2) is 38.1 Å². The van der Waals surface area contributed by atoms with Gasteiger partial charge in [0.15, 0.2) is 0 Å². The summed E-state index contributed by atoms with van der Waals surface area (Å²) in [5.41, 5.74) is 5.41. The molecule has 0 aromatic rings. The molecule has 1 aliphatic heterocycles. The highest BCUT2D eigenvalue weighted by molar-refractivity contribution is 7.89. The van der Waals surface area contributed by atoms with E-state index in [-0.39, 0.29) is 23.6 Å². The van der Waals surface area contributed by atoms with Crippen LogP contribution >= 0.6 is 12.4 Å². The molecule has 1 heterocycles. The minimum absolute atomic E-state index is 0. The lowest BCUT2D eigenvalue weighted by molar-refractivity contribution is 0.275. The molecular formula is C11H25ClN2O2S. The van der Waals surface area contributed by atoms with E-state index in [0.29, 0.717) is 25.6 Å². The number of piperidine rings is 1. The third kappa shape index (κ3) is 5.55. The lowest BCUT2D eigenvalue weighted by Gasteiger charge is -2.32. The first-order valence-electron chi connectivity index (χ1n) is 5.92. The van der Waals surface area contributed by atoms with Crippen LogP contribution in [0.25, 0.3) is 0 Å². The molecule has 2 N–H and O–H groups in total. The zero-order chi connectivity index (χ0) is 12.4. The lowest BCUT2D eigenvalue weighted by Crippen LogP contribution is -2.43. The van der Waals surface area contributed by atoms with E-state index in [4.69, 9.17) is 5.73 Å². The zero-order valence-corrected chi connectivity index (χ0v) is 12.6. The molecule has 0 radical (unpaired) electrons. The predicted octanol–water partition coefficient (Wildman–Crippen LogP) is 1.45. The van der Waals surface area contributed by atoms with Gasteiger partial charge >= 0.3 is 0 Å². The van der Waals surface area contributed by atoms with Gasteiger partial charge < -0.3 is 5.73 Å². The Bertz CT molecular complexity index is 317. The summed E-state index contributed by atoms with van der Waals surface area (Å²) in [6.07, 6.45) is 1.81. The fraction of sp³-hybridized carbons (Fsp3) is 1.00. The Morgan fingerprint density at radius 3 is 2.06 bits per heavy atom. The van der Waals surface area contributed by atoms with E-state index in [1.54, 1.807) is 4.31 Å². The van der Waals surface area contributed by atoms with Crippen molar-refractivity contribution in [3.63, 3.8) is 0 Å².